The largest absolute Gasteiger partial charge is 0.379 e. The molecule has 1 spiro atoms. The summed E-state index contributed by atoms with van der Waals surface area (Å²) < 4.78 is 5.68. The molecular formula is C18H26N4O2. The number of nitrogens with zero attached hydrogens (tertiary/aromatic N) is 3. The maximum Gasteiger partial charge on any atom is 0.234 e. The smallest absolute Gasteiger partial charge is 0.234 e. The van der Waals surface area contributed by atoms with Gasteiger partial charge in [-0.1, -0.05) is 0 Å². The summed E-state index contributed by atoms with van der Waals surface area (Å²) >= 11 is 0. The lowest BCUT2D eigenvalue weighted by molar-refractivity contribution is -0.131. The van der Waals surface area contributed by atoms with Crippen molar-refractivity contribution in [1.29, 1.82) is 0 Å². The van der Waals surface area contributed by atoms with E-state index in [0.29, 0.717) is 12.6 Å². The monoisotopic (exact) mass is 330 g/mol. The maximum absolute atomic E-state index is 12.0. The highest BCUT2D eigenvalue weighted by molar-refractivity contribution is 5.79. The fourth-order valence-corrected chi connectivity index (χ4v) is 4.36. The number of hydrogen-bond acceptors (Lipinski definition) is 5. The predicted molar refractivity (Wildman–Crippen MR) is 90.4 cm³/mol. The summed E-state index contributed by atoms with van der Waals surface area (Å²) in [6.07, 6.45) is 7.00. The number of ether oxygens (including phenoxy) is 1. The van der Waals surface area contributed by atoms with Gasteiger partial charge in [0.25, 0.3) is 0 Å². The number of nitrogens with one attached hydrogen (secondary N) is 1. The molecule has 3 aliphatic rings. The van der Waals surface area contributed by atoms with Crippen molar-refractivity contribution in [3.63, 3.8) is 0 Å². The van der Waals surface area contributed by atoms with Gasteiger partial charge in [-0.3, -0.25) is 19.6 Å². The van der Waals surface area contributed by atoms with Crippen molar-refractivity contribution in [2.75, 3.05) is 39.4 Å². The predicted octanol–water partition coefficient (Wildman–Crippen LogP) is 0.637. The van der Waals surface area contributed by atoms with E-state index in [4.69, 9.17) is 4.74 Å². The highest BCUT2D eigenvalue weighted by Crippen LogP contribution is 2.33. The van der Waals surface area contributed by atoms with Gasteiger partial charge < -0.3 is 10.1 Å². The molecule has 130 valence electrons. The fourth-order valence-electron chi connectivity index (χ4n) is 4.36. The molecule has 1 unspecified atom stereocenters. The molecule has 4 heterocycles. The molecule has 3 fully saturated rings. The number of amides is 1. The average Bonchev–Trinajstić information content (AvgIpc) is 3.08. The van der Waals surface area contributed by atoms with Gasteiger partial charge >= 0.3 is 0 Å². The number of carbonyl (C=O) groups excluding carboxylic acids is 1. The van der Waals surface area contributed by atoms with Crippen molar-refractivity contribution in [1.82, 2.24) is 20.1 Å². The number of hydrogen-bond donors (Lipinski definition) is 1. The second-order valence-corrected chi connectivity index (χ2v) is 7.29. The molecule has 4 rings (SSSR count). The minimum Gasteiger partial charge on any atom is -0.379 e. The molecule has 1 atom stereocenters. The van der Waals surface area contributed by atoms with E-state index < -0.39 is 0 Å². The molecule has 0 bridgehead atoms. The molecule has 0 radical (unpaired) electrons. The van der Waals surface area contributed by atoms with Crippen molar-refractivity contribution < 1.29 is 9.53 Å². The number of likely N-dealkylation sites (tertiary alicyclic amines) is 1. The van der Waals surface area contributed by atoms with Gasteiger partial charge in [-0.15, -0.1) is 0 Å². The standard InChI is InChI=1S/C18H26N4O2/c23-17-12-22(18(13-20-17)5-10-24-14-18)16-3-8-21(9-4-16)11-15-1-6-19-7-2-15/h1-2,6-7,16H,3-5,8-14H2,(H,20,23). The van der Waals surface area contributed by atoms with Crippen molar-refractivity contribution in [2.24, 2.45) is 0 Å². The first-order valence-corrected chi connectivity index (χ1v) is 8.98. The Morgan fingerprint density at radius 1 is 1.29 bits per heavy atom. The van der Waals surface area contributed by atoms with Gasteiger partial charge in [0.15, 0.2) is 0 Å². The Labute approximate surface area is 143 Å². The second kappa shape index (κ2) is 6.78. The zero-order chi connectivity index (χ0) is 16.4. The zero-order valence-electron chi connectivity index (χ0n) is 14.1. The summed E-state index contributed by atoms with van der Waals surface area (Å²) in [6, 6.07) is 4.67. The van der Waals surface area contributed by atoms with Crippen molar-refractivity contribution in [3.8, 4) is 0 Å². The average molecular weight is 330 g/mol. The van der Waals surface area contributed by atoms with Crippen LogP contribution in [0.2, 0.25) is 0 Å². The highest BCUT2D eigenvalue weighted by atomic mass is 16.5. The molecule has 1 aromatic heterocycles. The summed E-state index contributed by atoms with van der Waals surface area (Å²) in [4.78, 5) is 21.0. The fraction of sp³-hybridized carbons (Fsp3) is 0.667. The SMILES string of the molecule is O=C1CN(C2CCN(Cc3ccncc3)CC2)C2(CCOC2)CN1. The Kier molecular flexibility index (Phi) is 4.52. The quantitative estimate of drug-likeness (QED) is 0.881. The summed E-state index contributed by atoms with van der Waals surface area (Å²) in [5.41, 5.74) is 1.35. The molecule has 0 aromatic carbocycles. The van der Waals surface area contributed by atoms with Gasteiger partial charge in [0, 0.05) is 38.1 Å². The van der Waals surface area contributed by atoms with E-state index in [1.54, 1.807) is 0 Å². The first-order valence-electron chi connectivity index (χ1n) is 8.98. The normalized spacial score (nSPS) is 29.9. The Morgan fingerprint density at radius 2 is 2.08 bits per heavy atom. The van der Waals surface area contributed by atoms with E-state index in [0.717, 1.165) is 58.7 Å². The van der Waals surface area contributed by atoms with Crippen LogP contribution in [0.4, 0.5) is 0 Å². The number of rotatable bonds is 3. The first-order chi connectivity index (χ1) is 11.8. The Hall–Kier alpha value is -1.50. The van der Waals surface area contributed by atoms with Crippen molar-refractivity contribution in [2.45, 2.75) is 37.4 Å². The van der Waals surface area contributed by atoms with Crippen LogP contribution >= 0.6 is 0 Å². The third-order valence-electron chi connectivity index (χ3n) is 5.77. The third-order valence-corrected chi connectivity index (χ3v) is 5.77. The molecule has 1 N–H and O–H groups in total. The van der Waals surface area contributed by atoms with Gasteiger partial charge in [0.2, 0.25) is 5.91 Å². The third kappa shape index (κ3) is 3.18. The van der Waals surface area contributed by atoms with Crippen LogP contribution in [0.3, 0.4) is 0 Å². The van der Waals surface area contributed by atoms with Crippen LogP contribution in [-0.4, -0.2) is 71.7 Å². The lowest BCUT2D eigenvalue weighted by Crippen LogP contribution is -2.67. The number of piperazine rings is 1. The van der Waals surface area contributed by atoms with Crippen LogP contribution in [-0.2, 0) is 16.1 Å². The van der Waals surface area contributed by atoms with E-state index in [-0.39, 0.29) is 11.4 Å². The molecule has 0 saturated carbocycles. The minimum atomic E-state index is 0.0336. The van der Waals surface area contributed by atoms with E-state index in [9.17, 15) is 4.79 Å². The Bertz CT molecular complexity index is 566. The van der Waals surface area contributed by atoms with Crippen LogP contribution in [0.15, 0.2) is 24.5 Å². The van der Waals surface area contributed by atoms with E-state index in [1.807, 2.05) is 12.4 Å². The number of piperidine rings is 1. The lowest BCUT2D eigenvalue weighted by atomic mass is 9.89. The summed E-state index contributed by atoms with van der Waals surface area (Å²) in [7, 11) is 0. The Morgan fingerprint density at radius 3 is 2.79 bits per heavy atom. The van der Waals surface area contributed by atoms with Gasteiger partial charge in [0.05, 0.1) is 18.7 Å². The molecular weight excluding hydrogens is 304 g/mol. The number of pyridine rings is 1. The second-order valence-electron chi connectivity index (χ2n) is 7.29. The molecule has 3 aliphatic heterocycles. The van der Waals surface area contributed by atoms with E-state index in [2.05, 4.69) is 32.2 Å². The summed E-state index contributed by atoms with van der Waals surface area (Å²) in [5, 5.41) is 3.05. The Balaban J connectivity index is 1.38. The van der Waals surface area contributed by atoms with Crippen LogP contribution in [0.1, 0.15) is 24.8 Å². The van der Waals surface area contributed by atoms with Crippen molar-refractivity contribution in [3.05, 3.63) is 30.1 Å². The van der Waals surface area contributed by atoms with Crippen LogP contribution < -0.4 is 5.32 Å². The zero-order valence-corrected chi connectivity index (χ0v) is 14.1. The molecule has 1 aromatic rings. The molecule has 6 heteroatoms. The van der Waals surface area contributed by atoms with Crippen molar-refractivity contribution >= 4 is 5.91 Å². The highest BCUT2D eigenvalue weighted by Gasteiger charge is 2.47. The molecule has 24 heavy (non-hydrogen) atoms. The lowest BCUT2D eigenvalue weighted by Gasteiger charge is -2.49. The van der Waals surface area contributed by atoms with Gasteiger partial charge in [0.1, 0.15) is 0 Å². The summed E-state index contributed by atoms with van der Waals surface area (Å²) in [5.74, 6) is 0.159. The van der Waals surface area contributed by atoms with Gasteiger partial charge in [-0.2, -0.15) is 0 Å². The number of aromatic nitrogens is 1. The maximum atomic E-state index is 12.0. The minimum absolute atomic E-state index is 0.0336. The van der Waals surface area contributed by atoms with E-state index in [1.165, 1.54) is 5.56 Å². The summed E-state index contributed by atoms with van der Waals surface area (Å²) in [6.45, 7) is 5.99. The van der Waals surface area contributed by atoms with Gasteiger partial charge in [-0.05, 0) is 50.0 Å². The van der Waals surface area contributed by atoms with Crippen LogP contribution in [0.5, 0.6) is 0 Å². The molecule has 3 saturated heterocycles. The molecule has 1 amide bonds. The van der Waals surface area contributed by atoms with E-state index >= 15 is 0 Å². The van der Waals surface area contributed by atoms with Crippen LogP contribution in [0.25, 0.3) is 0 Å². The topological polar surface area (TPSA) is 57.7 Å². The van der Waals surface area contributed by atoms with Gasteiger partial charge in [-0.25, -0.2) is 0 Å². The number of carbonyl (C=O) groups is 1. The first kappa shape index (κ1) is 16.0. The molecule has 6 nitrogen and oxygen atoms in total. The molecule has 0 aliphatic carbocycles. The van der Waals surface area contributed by atoms with Crippen LogP contribution in [0, 0.1) is 0 Å².